The molecule has 0 aliphatic heterocycles. The molecule has 0 fully saturated rings. The number of para-hydroxylation sites is 1. The molecule has 0 atom stereocenters. The van der Waals surface area contributed by atoms with Crippen molar-refractivity contribution < 1.29 is 0 Å². The molecule has 2 aromatic heterocycles. The third kappa shape index (κ3) is 3.77. The first-order chi connectivity index (χ1) is 13.8. The first kappa shape index (κ1) is 21.0. The number of aromatic nitrogens is 3. The van der Waals surface area contributed by atoms with Gasteiger partial charge in [-0.2, -0.15) is 0 Å². The lowest BCUT2D eigenvalue weighted by atomic mass is 10.2. The van der Waals surface area contributed by atoms with Gasteiger partial charge in [0, 0.05) is 23.8 Å². The molecule has 0 bridgehead atoms. The van der Waals surface area contributed by atoms with Crippen LogP contribution in [0.1, 0.15) is 47.2 Å². The maximum Gasteiger partial charge on any atom is 0.235 e. The van der Waals surface area contributed by atoms with E-state index in [1.165, 1.54) is 0 Å². The van der Waals surface area contributed by atoms with Crippen LogP contribution in [-0.2, 0) is 0 Å². The van der Waals surface area contributed by atoms with Crippen LogP contribution in [0.3, 0.4) is 0 Å². The Kier molecular flexibility index (Phi) is 6.04. The zero-order chi connectivity index (χ0) is 21.2. The van der Waals surface area contributed by atoms with E-state index in [0.717, 1.165) is 5.52 Å². The molecular weight excluding hydrogens is 374 g/mol. The largest absolute Gasteiger partial charge is 0.289 e. The van der Waals surface area contributed by atoms with Gasteiger partial charge in [-0.15, -0.1) is 5.54 Å². The van der Waals surface area contributed by atoms with E-state index in [2.05, 4.69) is 63.0 Å². The first-order valence-corrected chi connectivity index (χ1v) is 12.5. The molecule has 0 aliphatic rings. The van der Waals surface area contributed by atoms with Gasteiger partial charge in [0.25, 0.3) is 0 Å². The summed E-state index contributed by atoms with van der Waals surface area (Å²) in [5, 5.41) is 0.644. The molecule has 4 nitrogen and oxygen atoms in total. The van der Waals surface area contributed by atoms with Gasteiger partial charge in [-0.1, -0.05) is 59.6 Å². The second-order valence-corrected chi connectivity index (χ2v) is 14.0. The van der Waals surface area contributed by atoms with Crippen molar-refractivity contribution in [3.8, 4) is 17.4 Å². The fourth-order valence-corrected chi connectivity index (χ4v) is 9.80. The predicted molar refractivity (Wildman–Crippen MR) is 123 cm³/mol. The Bertz CT molecular complexity index is 1100. The molecule has 0 radical (unpaired) electrons. The molecule has 0 spiro atoms. The number of hydrogen-bond acceptors (Lipinski definition) is 3. The summed E-state index contributed by atoms with van der Waals surface area (Å²) in [4.78, 5) is 21.7. The van der Waals surface area contributed by atoms with Crippen LogP contribution < -0.4 is 5.43 Å². The van der Waals surface area contributed by atoms with Crippen LogP contribution >= 0.6 is 0 Å². The molecule has 0 unspecified atom stereocenters. The number of rotatable bonds is 4. The fraction of sp³-hybridized carbons (Fsp3) is 0.375. The third-order valence-corrected chi connectivity index (χ3v) is 12.2. The number of nitrogens with zero attached hydrogens (tertiary/aromatic N) is 3. The Hall–Kier alpha value is -2.71. The van der Waals surface area contributed by atoms with Gasteiger partial charge in [-0.3, -0.25) is 9.36 Å². The minimum absolute atomic E-state index is 0.0250. The molecule has 3 aromatic rings. The van der Waals surface area contributed by atoms with Crippen LogP contribution in [0.2, 0.25) is 16.6 Å². The van der Waals surface area contributed by atoms with E-state index in [9.17, 15) is 4.79 Å². The lowest BCUT2D eigenvalue weighted by Gasteiger charge is -2.38. The first-order valence-electron chi connectivity index (χ1n) is 10.2. The topological polar surface area (TPSA) is 47.8 Å². The molecule has 3 rings (SSSR count). The van der Waals surface area contributed by atoms with Crippen LogP contribution in [0, 0.1) is 11.5 Å². The van der Waals surface area contributed by atoms with Crippen LogP contribution in [0.15, 0.2) is 53.6 Å². The predicted octanol–water partition coefficient (Wildman–Crippen LogP) is 5.35. The highest BCUT2D eigenvalue weighted by Gasteiger charge is 2.41. The normalized spacial score (nSPS) is 11.9. The number of benzene rings is 1. The van der Waals surface area contributed by atoms with Crippen molar-refractivity contribution >= 4 is 19.0 Å². The number of hydrogen-bond donors (Lipinski definition) is 0. The molecule has 0 N–H and O–H groups in total. The molecule has 2 heterocycles. The molecule has 5 heteroatoms. The van der Waals surface area contributed by atoms with Crippen LogP contribution in [-0.4, -0.2) is 22.6 Å². The fourth-order valence-electron chi connectivity index (χ4n) is 4.59. The van der Waals surface area contributed by atoms with E-state index in [1.807, 2.05) is 28.8 Å². The van der Waals surface area contributed by atoms with Crippen molar-refractivity contribution in [3.63, 3.8) is 0 Å². The zero-order valence-corrected chi connectivity index (χ0v) is 19.1. The standard InChI is InChI=1S/C24H29N3OSi/c1-17(2)29(18(3)4,19(5)6)15-12-20-16-23(28)21-10-7-8-11-22(21)27(20)24-25-13-9-14-26-24/h7-11,13-14,16-19H,1-6H3. The molecule has 150 valence electrons. The van der Waals surface area contributed by atoms with E-state index < -0.39 is 8.07 Å². The van der Waals surface area contributed by atoms with Crippen molar-refractivity contribution in [1.82, 2.24) is 14.5 Å². The molecule has 29 heavy (non-hydrogen) atoms. The Morgan fingerprint density at radius 2 is 1.48 bits per heavy atom. The van der Waals surface area contributed by atoms with E-state index in [4.69, 9.17) is 0 Å². The van der Waals surface area contributed by atoms with Gasteiger partial charge in [-0.25, -0.2) is 9.97 Å². The average Bonchev–Trinajstić information content (AvgIpc) is 2.68. The van der Waals surface area contributed by atoms with Crippen LogP contribution in [0.5, 0.6) is 0 Å². The third-order valence-electron chi connectivity index (χ3n) is 5.94. The quantitative estimate of drug-likeness (QED) is 0.436. The second kappa shape index (κ2) is 8.34. The number of pyridine rings is 1. The van der Waals surface area contributed by atoms with Gasteiger partial charge in [0.2, 0.25) is 5.95 Å². The highest BCUT2D eigenvalue weighted by Crippen LogP contribution is 2.40. The Morgan fingerprint density at radius 1 is 0.897 bits per heavy atom. The van der Waals surface area contributed by atoms with Gasteiger partial charge in [0.15, 0.2) is 5.43 Å². The summed E-state index contributed by atoms with van der Waals surface area (Å²) in [6, 6.07) is 11.0. The van der Waals surface area contributed by atoms with Gasteiger partial charge in [0.05, 0.1) is 5.52 Å². The van der Waals surface area contributed by atoms with E-state index in [0.29, 0.717) is 33.7 Å². The summed E-state index contributed by atoms with van der Waals surface area (Å²) in [5.74, 6) is 3.95. The molecule has 0 amide bonds. The zero-order valence-electron chi connectivity index (χ0n) is 18.1. The summed E-state index contributed by atoms with van der Waals surface area (Å²) in [5.41, 5.74) is 6.68. The van der Waals surface area contributed by atoms with Crippen molar-refractivity contribution in [1.29, 1.82) is 0 Å². The summed E-state index contributed by atoms with van der Waals surface area (Å²) >= 11 is 0. The lowest BCUT2D eigenvalue weighted by Crippen LogP contribution is -2.43. The highest BCUT2D eigenvalue weighted by molar-refractivity contribution is 6.90. The van der Waals surface area contributed by atoms with Crippen molar-refractivity contribution in [2.45, 2.75) is 58.2 Å². The molecule has 0 saturated heterocycles. The van der Waals surface area contributed by atoms with E-state index >= 15 is 0 Å². The smallest absolute Gasteiger partial charge is 0.235 e. The highest BCUT2D eigenvalue weighted by atomic mass is 28.3. The monoisotopic (exact) mass is 403 g/mol. The van der Waals surface area contributed by atoms with E-state index in [1.54, 1.807) is 24.5 Å². The Balaban J connectivity index is 2.35. The van der Waals surface area contributed by atoms with Crippen LogP contribution in [0.4, 0.5) is 0 Å². The second-order valence-electron chi connectivity index (χ2n) is 8.44. The van der Waals surface area contributed by atoms with Gasteiger partial charge >= 0.3 is 0 Å². The Morgan fingerprint density at radius 3 is 2.07 bits per heavy atom. The average molecular weight is 404 g/mol. The Labute approximate surface area is 174 Å². The summed E-state index contributed by atoms with van der Waals surface area (Å²) in [7, 11) is -1.94. The minimum Gasteiger partial charge on any atom is -0.289 e. The van der Waals surface area contributed by atoms with Crippen molar-refractivity contribution in [3.05, 3.63) is 64.7 Å². The van der Waals surface area contributed by atoms with E-state index in [-0.39, 0.29) is 5.43 Å². The molecule has 1 aromatic carbocycles. The molecule has 0 saturated carbocycles. The summed E-state index contributed by atoms with van der Waals surface area (Å²) < 4.78 is 1.91. The molecule has 0 aliphatic carbocycles. The summed E-state index contributed by atoms with van der Waals surface area (Å²) in [6.07, 6.45) is 3.42. The lowest BCUT2D eigenvalue weighted by molar-refractivity contribution is 0.838. The van der Waals surface area contributed by atoms with Crippen LogP contribution in [0.25, 0.3) is 16.9 Å². The maximum absolute atomic E-state index is 12.8. The van der Waals surface area contributed by atoms with Gasteiger partial charge < -0.3 is 0 Å². The number of fused-ring (bicyclic) bond motifs is 1. The van der Waals surface area contributed by atoms with Gasteiger partial charge in [0.1, 0.15) is 13.8 Å². The SMILES string of the molecule is CC(C)[Si](C#Cc1cc(=O)c2ccccc2n1-c1ncccn1)(C(C)C)C(C)C. The minimum atomic E-state index is -1.94. The van der Waals surface area contributed by atoms with Crippen molar-refractivity contribution in [2.75, 3.05) is 0 Å². The maximum atomic E-state index is 12.8. The summed E-state index contributed by atoms with van der Waals surface area (Å²) in [6.45, 7) is 13.7. The molecular formula is C24H29N3OSi. The van der Waals surface area contributed by atoms with Gasteiger partial charge in [-0.05, 0) is 34.8 Å². The van der Waals surface area contributed by atoms with Crippen molar-refractivity contribution in [2.24, 2.45) is 0 Å².